The Balaban J connectivity index is 0.459. The molecule has 8 heterocycles. The van der Waals surface area contributed by atoms with Gasteiger partial charge in [0.25, 0.3) is 0 Å². The molecule has 12 heteroatoms. The Labute approximate surface area is 823 Å². The van der Waals surface area contributed by atoms with Gasteiger partial charge >= 0.3 is 0 Å². The van der Waals surface area contributed by atoms with Crippen molar-refractivity contribution in [1.29, 1.82) is 0 Å². The Morgan fingerprint density at radius 1 is 0.139 bits per heavy atom. The van der Waals surface area contributed by atoms with E-state index >= 15 is 0 Å². The highest BCUT2D eigenvalue weighted by Gasteiger charge is 2.27. The van der Waals surface area contributed by atoms with Gasteiger partial charge in [-0.1, -0.05) is 340 Å². The van der Waals surface area contributed by atoms with Crippen molar-refractivity contribution in [3.63, 3.8) is 0 Å². The summed E-state index contributed by atoms with van der Waals surface area (Å²) in [4.78, 5) is 31.2. The van der Waals surface area contributed by atoms with Crippen molar-refractivity contribution in [3.8, 4) is 136 Å². The van der Waals surface area contributed by atoms with E-state index in [0.29, 0.717) is 34.9 Å². The van der Waals surface area contributed by atoms with E-state index in [9.17, 15) is 0 Å². The maximum Gasteiger partial charge on any atom is 0.164 e. The van der Waals surface area contributed by atoms with Gasteiger partial charge < -0.3 is 27.1 Å². The number of aromatic nitrogens is 10. The molecule has 0 spiro atoms. The van der Waals surface area contributed by atoms with Gasteiger partial charge in [0.05, 0.1) is 44.1 Å². The van der Waals surface area contributed by atoms with Crippen LogP contribution in [0.4, 0.5) is 0 Å². The first-order chi connectivity index (χ1) is 71.4. The summed E-state index contributed by atoms with van der Waals surface area (Å²) >= 11 is 0. The first-order valence-electron chi connectivity index (χ1n) is 48.8. The van der Waals surface area contributed by atoms with E-state index in [-0.39, 0.29) is 0 Å². The number of hydrogen-bond acceptors (Lipinski definition) is 8. The molecule has 144 heavy (non-hydrogen) atoms. The van der Waals surface area contributed by atoms with Gasteiger partial charge in [0.15, 0.2) is 34.9 Å². The summed E-state index contributed by atoms with van der Waals surface area (Å²) in [6.45, 7) is 0. The average molecular weight is 1840 g/mol. The maximum atomic E-state index is 7.13. The molecule has 30 aromatic rings. The highest BCUT2D eigenvalue weighted by molar-refractivity contribution is 6.27. The Kier molecular flexibility index (Phi) is 17.9. The molecule has 0 amide bonds. The standard InChI is InChI=1S/C132H78N10O2/c1-4-26-81(27-5-1)127-133-128(82-28-6-2-7-29-82)137-132(136-127)89-58-66-99-97-34-10-11-35-98(97)100-67-63-91(76-109(100)108(99)75-89)140-117-49-20-15-39-104(117)113-78-93(65-71-121(113)140)142-116-48-19-13-37-102(116)111-74-87(60-69-119(111)142)96-43-24-45-107-124-94(41-25-51-123(124)144-126(96)107)85-32-22-33-88(72-85)131-135-129(83-30-8-3-9-31-83)134-130(138-131)84-54-52-79(53-55-84)80-56-61-90(62-57-80)139-114-46-17-14-38-103(114)112-77-92(64-70-120(112)139)141-115-47-18-12-36-101(115)110-73-86(59-68-118(110)141)95-42-23-44-106-105-40-16-21-50-122(105)143-125(95)106/h1-78H. The molecule has 0 N–H and O–H groups in total. The van der Waals surface area contributed by atoms with Gasteiger partial charge in [-0.25, -0.2) is 29.9 Å². The third-order valence-corrected chi connectivity index (χ3v) is 29.5. The highest BCUT2D eigenvalue weighted by atomic mass is 16.3. The van der Waals surface area contributed by atoms with E-state index in [1.54, 1.807) is 0 Å². The Morgan fingerprint density at radius 3 is 0.917 bits per heavy atom. The molecule has 0 aliphatic rings. The first-order valence-corrected chi connectivity index (χ1v) is 48.8. The van der Waals surface area contributed by atoms with Gasteiger partial charge in [0.1, 0.15) is 22.3 Å². The molecule has 0 saturated heterocycles. The van der Waals surface area contributed by atoms with E-state index in [0.717, 1.165) is 221 Å². The van der Waals surface area contributed by atoms with Gasteiger partial charge in [0.2, 0.25) is 0 Å². The smallest absolute Gasteiger partial charge is 0.164 e. The Morgan fingerprint density at radius 2 is 0.410 bits per heavy atom. The van der Waals surface area contributed by atoms with E-state index in [4.69, 9.17) is 38.7 Å². The second kappa shape index (κ2) is 32.0. The first kappa shape index (κ1) is 80.5. The lowest BCUT2D eigenvalue weighted by atomic mass is 9.93. The molecule has 0 aliphatic carbocycles. The largest absolute Gasteiger partial charge is 0.455 e. The number of benzene rings is 22. The zero-order chi connectivity index (χ0) is 94.3. The molecule has 8 aromatic heterocycles. The molecule has 0 fully saturated rings. The van der Waals surface area contributed by atoms with E-state index < -0.39 is 0 Å². The number of nitrogens with zero attached hydrogens (tertiary/aromatic N) is 10. The van der Waals surface area contributed by atoms with Crippen LogP contribution in [0.25, 0.3) is 299 Å². The lowest BCUT2D eigenvalue weighted by Gasteiger charge is -2.15. The maximum absolute atomic E-state index is 7.13. The highest BCUT2D eigenvalue weighted by Crippen LogP contribution is 2.49. The monoisotopic (exact) mass is 1830 g/mol. The molecule has 0 aliphatic heterocycles. The van der Waals surface area contributed by atoms with Crippen molar-refractivity contribution < 1.29 is 8.83 Å². The molecule has 30 rings (SSSR count). The molecule has 22 aromatic carbocycles. The van der Waals surface area contributed by atoms with Crippen LogP contribution in [0.5, 0.6) is 0 Å². The van der Waals surface area contributed by atoms with Gasteiger partial charge in [0, 0.05) is 132 Å². The number of rotatable bonds is 14. The number of furan rings is 2. The minimum atomic E-state index is 0.569. The van der Waals surface area contributed by atoms with Crippen LogP contribution in [0, 0.1) is 0 Å². The molecule has 0 saturated carbocycles. The van der Waals surface area contributed by atoms with Crippen molar-refractivity contribution in [3.05, 3.63) is 473 Å². The van der Waals surface area contributed by atoms with E-state index in [2.05, 4.69) is 425 Å². The van der Waals surface area contributed by atoms with Crippen molar-refractivity contribution in [2.24, 2.45) is 0 Å². The van der Waals surface area contributed by atoms with Crippen LogP contribution < -0.4 is 0 Å². The van der Waals surface area contributed by atoms with Crippen LogP contribution in [0.3, 0.4) is 0 Å². The SMILES string of the molecule is c1ccc(-c2nc(-c3ccc(-c4ccc(-n5c6ccccc6c6cc(-n7c8ccccc8c8cc(-c9cccc%10c9oc9ccccc9%10)ccc87)ccc65)cc4)cc3)nc(-c3cccc(-c4cccc5oc6c(-c7ccc8c(c7)c7ccccc7n8-c7ccc8c(c7)c7ccccc7n8-c7ccc8c9ccccc9c9ccc(-c%10nc(-c%11ccccc%11)nc(-c%11ccccc%11)n%10)cc9c8c7)cccc6c45)c3)n2)cc1. The predicted octanol–water partition coefficient (Wildman–Crippen LogP) is 34.4. The third-order valence-electron chi connectivity index (χ3n) is 29.5. The molecule has 0 radical (unpaired) electrons. The zero-order valence-corrected chi connectivity index (χ0v) is 77.3. The zero-order valence-electron chi connectivity index (χ0n) is 77.3. The fourth-order valence-electron chi connectivity index (χ4n) is 22.8. The second-order valence-corrected chi connectivity index (χ2v) is 37.5. The third kappa shape index (κ3) is 12.7. The predicted molar refractivity (Wildman–Crippen MR) is 592 cm³/mol. The summed E-state index contributed by atoms with van der Waals surface area (Å²) in [6, 6.07) is 170. The number of fused-ring (bicyclic) bond motifs is 24. The Bertz CT molecular complexity index is 10600. The molecule has 668 valence electrons. The molecular weight excluding hydrogens is 1760 g/mol. The Hall–Kier alpha value is -19.6. The minimum absolute atomic E-state index is 0.569. The van der Waals surface area contributed by atoms with Crippen LogP contribution in [-0.4, -0.2) is 48.2 Å². The molecule has 0 unspecified atom stereocenters. The summed E-state index contributed by atoms with van der Waals surface area (Å²) in [5, 5.41) is 20.7. The average Bonchev–Trinajstić information content (AvgIpc) is 1.16. The van der Waals surface area contributed by atoms with Crippen molar-refractivity contribution in [1.82, 2.24) is 48.2 Å². The molecule has 0 bridgehead atoms. The fourth-order valence-corrected chi connectivity index (χ4v) is 22.8. The van der Waals surface area contributed by atoms with Crippen molar-refractivity contribution >= 4 is 163 Å². The lowest BCUT2D eigenvalue weighted by Crippen LogP contribution is -2.00. The molecular formula is C132H78N10O2. The summed E-state index contributed by atoms with van der Waals surface area (Å²) in [5.74, 6) is 3.60. The molecule has 12 nitrogen and oxygen atoms in total. The van der Waals surface area contributed by atoms with Gasteiger partial charge in [-0.05, 0) is 199 Å². The van der Waals surface area contributed by atoms with Gasteiger partial charge in [-0.2, -0.15) is 0 Å². The van der Waals surface area contributed by atoms with Crippen molar-refractivity contribution in [2.75, 3.05) is 0 Å². The fraction of sp³-hybridized carbons (Fsp3) is 0. The van der Waals surface area contributed by atoms with Gasteiger partial charge in [-0.3, -0.25) is 0 Å². The van der Waals surface area contributed by atoms with Crippen LogP contribution in [0.1, 0.15) is 0 Å². The summed E-state index contributed by atoms with van der Waals surface area (Å²) < 4.78 is 23.4. The summed E-state index contributed by atoms with van der Waals surface area (Å²) in [6.07, 6.45) is 0. The minimum Gasteiger partial charge on any atom is -0.455 e. The summed E-state index contributed by atoms with van der Waals surface area (Å²) in [5.41, 5.74) is 30.6. The van der Waals surface area contributed by atoms with Crippen LogP contribution in [-0.2, 0) is 0 Å². The number of para-hydroxylation sites is 7. The van der Waals surface area contributed by atoms with Gasteiger partial charge in [-0.15, -0.1) is 0 Å². The topological polar surface area (TPSA) is 123 Å². The quantitative estimate of drug-likeness (QED) is 0.0986. The van der Waals surface area contributed by atoms with Crippen LogP contribution in [0.15, 0.2) is 482 Å². The van der Waals surface area contributed by atoms with Crippen molar-refractivity contribution in [2.45, 2.75) is 0 Å². The second-order valence-electron chi connectivity index (χ2n) is 37.5. The lowest BCUT2D eigenvalue weighted by molar-refractivity contribution is 0.669. The van der Waals surface area contributed by atoms with E-state index in [1.165, 1.54) is 43.1 Å². The number of hydrogen-bond donors (Lipinski definition) is 0. The van der Waals surface area contributed by atoms with Crippen LogP contribution >= 0.6 is 0 Å². The van der Waals surface area contributed by atoms with Crippen LogP contribution in [0.2, 0.25) is 0 Å². The normalized spacial score (nSPS) is 12.0. The summed E-state index contributed by atoms with van der Waals surface area (Å²) in [7, 11) is 0. The van der Waals surface area contributed by atoms with E-state index in [1.807, 2.05) is 66.7 Å². The molecule has 0 atom stereocenters.